The summed E-state index contributed by atoms with van der Waals surface area (Å²) in [6.45, 7) is 2.15. The van der Waals surface area contributed by atoms with Gasteiger partial charge in [0.05, 0.1) is 0 Å². The molecule has 0 N–H and O–H groups in total. The van der Waals surface area contributed by atoms with Gasteiger partial charge in [0.1, 0.15) is 0 Å². The average molecular weight is 412 g/mol. The molecule has 0 saturated carbocycles. The van der Waals surface area contributed by atoms with Crippen LogP contribution in [0.1, 0.15) is 16.7 Å². The molecule has 0 saturated heterocycles. The van der Waals surface area contributed by atoms with Crippen LogP contribution in [0.2, 0.25) is 0 Å². The number of aromatic nitrogens is 3. The van der Waals surface area contributed by atoms with E-state index in [0.717, 1.165) is 28.9 Å². The van der Waals surface area contributed by atoms with E-state index in [4.69, 9.17) is 15.0 Å². The van der Waals surface area contributed by atoms with Crippen molar-refractivity contribution in [2.75, 3.05) is 0 Å². The Hall–Kier alpha value is -4.11. The lowest BCUT2D eigenvalue weighted by atomic mass is 10.00. The number of aryl methyl sites for hydroxylation is 1. The van der Waals surface area contributed by atoms with E-state index in [9.17, 15) is 0 Å². The molecule has 1 heterocycles. The molecule has 1 aromatic heterocycles. The number of hydrogen-bond acceptors (Lipinski definition) is 3. The van der Waals surface area contributed by atoms with Gasteiger partial charge in [0.15, 0.2) is 17.5 Å². The highest BCUT2D eigenvalue weighted by Gasteiger charge is 2.23. The summed E-state index contributed by atoms with van der Waals surface area (Å²) in [6, 6.07) is 33.4. The third-order valence-electron chi connectivity index (χ3n) is 6.04. The second kappa shape index (κ2) is 7.54. The van der Waals surface area contributed by atoms with Crippen LogP contribution in [-0.4, -0.2) is 15.0 Å². The topological polar surface area (TPSA) is 38.7 Å². The Labute approximate surface area is 187 Å². The van der Waals surface area contributed by atoms with Crippen molar-refractivity contribution in [2.45, 2.75) is 13.3 Å². The lowest BCUT2D eigenvalue weighted by molar-refractivity contribution is 1.07. The summed E-state index contributed by atoms with van der Waals surface area (Å²) in [5, 5.41) is 0. The summed E-state index contributed by atoms with van der Waals surface area (Å²) < 4.78 is 0. The second-order valence-electron chi connectivity index (χ2n) is 8.21. The van der Waals surface area contributed by atoms with E-state index in [1.54, 1.807) is 0 Å². The molecule has 0 fully saturated rings. The van der Waals surface area contributed by atoms with Gasteiger partial charge < -0.3 is 0 Å². The smallest absolute Gasteiger partial charge is 0.164 e. The van der Waals surface area contributed by atoms with Crippen LogP contribution in [-0.2, 0) is 6.42 Å². The van der Waals surface area contributed by atoms with Crippen molar-refractivity contribution >= 4 is 0 Å². The van der Waals surface area contributed by atoms with Gasteiger partial charge in [0.2, 0.25) is 0 Å². The molecule has 152 valence electrons. The molecular weight excluding hydrogens is 390 g/mol. The third kappa shape index (κ3) is 3.19. The van der Waals surface area contributed by atoms with Crippen molar-refractivity contribution in [3.8, 4) is 45.3 Å². The quantitative estimate of drug-likeness (QED) is 0.323. The predicted molar refractivity (Wildman–Crippen MR) is 129 cm³/mol. The molecule has 6 rings (SSSR count). The van der Waals surface area contributed by atoms with E-state index in [0.29, 0.717) is 11.6 Å². The summed E-state index contributed by atoms with van der Waals surface area (Å²) in [6.07, 6.45) is 0.897. The molecule has 5 aromatic rings. The van der Waals surface area contributed by atoms with Crippen molar-refractivity contribution in [3.63, 3.8) is 0 Å². The summed E-state index contributed by atoms with van der Waals surface area (Å²) in [5.74, 6) is 2.11. The van der Waals surface area contributed by atoms with E-state index in [1.807, 2.05) is 60.7 Å². The fraction of sp³-hybridized carbons (Fsp3) is 0.0690. The van der Waals surface area contributed by atoms with Crippen molar-refractivity contribution in [1.29, 1.82) is 0 Å². The Morgan fingerprint density at radius 2 is 1.12 bits per heavy atom. The number of benzene rings is 4. The fourth-order valence-electron chi connectivity index (χ4n) is 4.45. The van der Waals surface area contributed by atoms with Crippen LogP contribution in [0.15, 0.2) is 97.1 Å². The Balaban J connectivity index is 1.56. The average Bonchev–Trinajstić information content (AvgIpc) is 3.23. The summed E-state index contributed by atoms with van der Waals surface area (Å²) in [5.41, 5.74) is 9.58. The highest BCUT2D eigenvalue weighted by molar-refractivity contribution is 5.84. The zero-order chi connectivity index (χ0) is 21.5. The molecule has 1 aliphatic rings. The van der Waals surface area contributed by atoms with Gasteiger partial charge >= 0.3 is 0 Å². The van der Waals surface area contributed by atoms with Crippen molar-refractivity contribution < 1.29 is 0 Å². The lowest BCUT2D eigenvalue weighted by Crippen LogP contribution is -2.01. The molecule has 4 aromatic carbocycles. The highest BCUT2D eigenvalue weighted by Crippen LogP contribution is 2.41. The molecule has 0 aliphatic heterocycles. The Kier molecular flexibility index (Phi) is 4.39. The van der Waals surface area contributed by atoms with Gasteiger partial charge in [-0.1, -0.05) is 103 Å². The minimum atomic E-state index is 0.693. The molecule has 1 aliphatic carbocycles. The first-order valence-electron chi connectivity index (χ1n) is 10.9. The first kappa shape index (κ1) is 18.6. The van der Waals surface area contributed by atoms with E-state index >= 15 is 0 Å². The van der Waals surface area contributed by atoms with E-state index < -0.39 is 0 Å². The van der Waals surface area contributed by atoms with Gasteiger partial charge in [-0.25, -0.2) is 15.0 Å². The first-order valence-corrected chi connectivity index (χ1v) is 10.9. The predicted octanol–water partition coefficient (Wildman–Crippen LogP) is 6.75. The standard InChI is InChI=1S/C29H21N3/c1-19-15-16-22-18-26-23(25(22)17-19)13-8-14-24(26)29-31-27(20-9-4-2-5-10-20)30-28(32-29)21-11-6-3-7-12-21/h2-17H,18H2,1H3. The minimum absolute atomic E-state index is 0.693. The van der Waals surface area contributed by atoms with Crippen LogP contribution < -0.4 is 0 Å². The van der Waals surface area contributed by atoms with Crippen molar-refractivity contribution in [2.24, 2.45) is 0 Å². The molecule has 3 heteroatoms. The maximum absolute atomic E-state index is 4.94. The molecule has 0 spiro atoms. The molecular formula is C29H21N3. The molecule has 3 nitrogen and oxygen atoms in total. The van der Waals surface area contributed by atoms with Gasteiger partial charge in [-0.05, 0) is 35.6 Å². The second-order valence-corrected chi connectivity index (χ2v) is 8.21. The van der Waals surface area contributed by atoms with Gasteiger partial charge in [-0.15, -0.1) is 0 Å². The highest BCUT2D eigenvalue weighted by atomic mass is 15.0. The molecule has 0 unspecified atom stereocenters. The largest absolute Gasteiger partial charge is 0.208 e. The van der Waals surface area contributed by atoms with Crippen molar-refractivity contribution in [1.82, 2.24) is 15.0 Å². The Bertz CT molecular complexity index is 1380. The van der Waals surface area contributed by atoms with E-state index in [-0.39, 0.29) is 0 Å². The van der Waals surface area contributed by atoms with Gasteiger partial charge in [0.25, 0.3) is 0 Å². The molecule has 0 atom stereocenters. The number of hydrogen-bond donors (Lipinski definition) is 0. The Morgan fingerprint density at radius 1 is 0.531 bits per heavy atom. The molecule has 32 heavy (non-hydrogen) atoms. The van der Waals surface area contributed by atoms with Crippen LogP contribution in [0.25, 0.3) is 45.3 Å². The maximum atomic E-state index is 4.94. The Morgan fingerprint density at radius 3 is 1.78 bits per heavy atom. The molecule has 0 radical (unpaired) electrons. The van der Waals surface area contributed by atoms with Crippen LogP contribution >= 0.6 is 0 Å². The number of nitrogens with zero attached hydrogens (tertiary/aromatic N) is 3. The van der Waals surface area contributed by atoms with Crippen LogP contribution in [0.5, 0.6) is 0 Å². The lowest BCUT2D eigenvalue weighted by Gasteiger charge is -2.11. The monoisotopic (exact) mass is 411 g/mol. The van der Waals surface area contributed by atoms with Crippen molar-refractivity contribution in [3.05, 3.63) is 114 Å². The number of fused-ring (bicyclic) bond motifs is 3. The summed E-state index contributed by atoms with van der Waals surface area (Å²) >= 11 is 0. The van der Waals surface area contributed by atoms with E-state index in [2.05, 4.69) is 43.3 Å². The third-order valence-corrected chi connectivity index (χ3v) is 6.04. The zero-order valence-electron chi connectivity index (χ0n) is 17.8. The van der Waals surface area contributed by atoms with E-state index in [1.165, 1.54) is 27.8 Å². The molecule has 0 bridgehead atoms. The van der Waals surface area contributed by atoms with Gasteiger partial charge in [0, 0.05) is 16.7 Å². The fourth-order valence-corrected chi connectivity index (χ4v) is 4.45. The maximum Gasteiger partial charge on any atom is 0.164 e. The van der Waals surface area contributed by atoms with Crippen LogP contribution in [0.4, 0.5) is 0 Å². The first-order chi connectivity index (χ1) is 15.8. The minimum Gasteiger partial charge on any atom is -0.208 e. The SMILES string of the molecule is Cc1ccc2c(c1)-c1cccc(-c3nc(-c4ccccc4)nc(-c4ccccc4)n3)c1C2. The van der Waals surface area contributed by atoms with Gasteiger partial charge in [-0.2, -0.15) is 0 Å². The van der Waals surface area contributed by atoms with Crippen LogP contribution in [0.3, 0.4) is 0 Å². The summed E-state index contributed by atoms with van der Waals surface area (Å²) in [4.78, 5) is 14.7. The molecule has 0 amide bonds. The zero-order valence-corrected chi connectivity index (χ0v) is 17.8. The normalized spacial score (nSPS) is 11.8. The van der Waals surface area contributed by atoms with Crippen LogP contribution in [0, 0.1) is 6.92 Å². The number of rotatable bonds is 3. The van der Waals surface area contributed by atoms with Gasteiger partial charge in [-0.3, -0.25) is 0 Å². The summed E-state index contributed by atoms with van der Waals surface area (Å²) in [7, 11) is 0.